The molecule has 6 heteroatoms. The minimum atomic E-state index is 0.117. The largest absolute Gasteiger partial charge is 0.484 e. The van der Waals surface area contributed by atoms with E-state index in [0.717, 1.165) is 11.5 Å². The van der Waals surface area contributed by atoms with Gasteiger partial charge in [-0.15, -0.1) is 0 Å². The maximum absolute atomic E-state index is 5.79. The van der Waals surface area contributed by atoms with Gasteiger partial charge in [0.05, 0.1) is 6.10 Å². The number of anilines is 2. The van der Waals surface area contributed by atoms with Crippen LogP contribution in [0.1, 0.15) is 33.1 Å². The van der Waals surface area contributed by atoms with E-state index in [1.54, 1.807) is 0 Å². The second-order valence-corrected chi connectivity index (χ2v) is 6.13. The van der Waals surface area contributed by atoms with Gasteiger partial charge in [0.15, 0.2) is 16.6 Å². The molecule has 0 bridgehead atoms. The molecule has 0 spiro atoms. The van der Waals surface area contributed by atoms with Crippen molar-refractivity contribution in [2.75, 3.05) is 29.6 Å². The molecule has 1 rings (SSSR count). The molecule has 18 heavy (non-hydrogen) atoms. The van der Waals surface area contributed by atoms with E-state index in [0.29, 0.717) is 11.6 Å². The Hall–Kier alpha value is -0.620. The van der Waals surface area contributed by atoms with Gasteiger partial charge < -0.3 is 15.8 Å². The second kappa shape index (κ2) is 8.48. The third-order valence-corrected chi connectivity index (χ3v) is 3.84. The summed E-state index contributed by atoms with van der Waals surface area (Å²) >= 11 is 3.27. The molecule has 1 aromatic rings. The van der Waals surface area contributed by atoms with Crippen LogP contribution in [0.15, 0.2) is 0 Å². The van der Waals surface area contributed by atoms with Crippen molar-refractivity contribution in [1.29, 1.82) is 0 Å². The van der Waals surface area contributed by atoms with Crippen LogP contribution in [0.2, 0.25) is 0 Å². The van der Waals surface area contributed by atoms with Crippen molar-refractivity contribution in [1.82, 2.24) is 4.37 Å². The van der Waals surface area contributed by atoms with E-state index >= 15 is 0 Å². The van der Waals surface area contributed by atoms with Crippen molar-refractivity contribution in [2.45, 2.75) is 39.2 Å². The van der Waals surface area contributed by atoms with Gasteiger partial charge in [-0.25, -0.2) is 0 Å². The first-order valence-corrected chi connectivity index (χ1v) is 8.46. The minimum absolute atomic E-state index is 0.117. The Balaban J connectivity index is 2.33. The van der Waals surface area contributed by atoms with Crippen LogP contribution >= 0.6 is 23.3 Å². The lowest BCUT2D eigenvalue weighted by molar-refractivity contribution is 0.245. The molecule has 0 saturated heterocycles. The smallest absolute Gasteiger partial charge is 0.197 e. The summed E-state index contributed by atoms with van der Waals surface area (Å²) < 4.78 is 9.80. The van der Waals surface area contributed by atoms with E-state index in [4.69, 9.17) is 10.5 Å². The Morgan fingerprint density at radius 1 is 1.39 bits per heavy atom. The molecule has 0 fully saturated rings. The molecule has 0 saturated carbocycles. The fourth-order valence-corrected chi connectivity index (χ4v) is 2.67. The first-order valence-electron chi connectivity index (χ1n) is 6.29. The van der Waals surface area contributed by atoms with Crippen molar-refractivity contribution in [3.63, 3.8) is 0 Å². The van der Waals surface area contributed by atoms with Gasteiger partial charge in [0.25, 0.3) is 0 Å². The molecule has 4 nitrogen and oxygen atoms in total. The third kappa shape index (κ3) is 5.35. The van der Waals surface area contributed by atoms with Gasteiger partial charge in [-0.3, -0.25) is 0 Å². The van der Waals surface area contributed by atoms with Gasteiger partial charge in [-0.05, 0) is 50.2 Å². The number of hydrogen-bond acceptors (Lipinski definition) is 6. The highest BCUT2D eigenvalue weighted by molar-refractivity contribution is 7.98. The summed E-state index contributed by atoms with van der Waals surface area (Å²) in [6.45, 7) is 4.93. The summed E-state index contributed by atoms with van der Waals surface area (Å²) in [6.07, 6.45) is 5.96. The number of thioether (sulfide) groups is 1. The van der Waals surface area contributed by atoms with Gasteiger partial charge in [0, 0.05) is 6.54 Å². The molecular formula is C12H23N3OS2. The van der Waals surface area contributed by atoms with E-state index in [1.807, 2.05) is 25.6 Å². The summed E-state index contributed by atoms with van der Waals surface area (Å²) in [5.74, 6) is 2.44. The Labute approximate surface area is 118 Å². The number of aromatic nitrogens is 1. The lowest BCUT2D eigenvalue weighted by atomic mass is 10.2. The molecule has 0 aliphatic heterocycles. The quantitative estimate of drug-likeness (QED) is 0.682. The Morgan fingerprint density at radius 2 is 2.17 bits per heavy atom. The lowest BCUT2D eigenvalue weighted by Gasteiger charge is -2.11. The maximum atomic E-state index is 5.79. The average molecular weight is 289 g/mol. The molecule has 0 radical (unpaired) electrons. The Bertz CT molecular complexity index is 342. The number of unbranched alkanes of at least 4 members (excludes halogenated alkanes) is 2. The van der Waals surface area contributed by atoms with Crippen LogP contribution in [0.4, 0.5) is 10.8 Å². The van der Waals surface area contributed by atoms with E-state index in [9.17, 15) is 0 Å². The molecule has 1 aromatic heterocycles. The van der Waals surface area contributed by atoms with Crippen LogP contribution in [-0.2, 0) is 0 Å². The van der Waals surface area contributed by atoms with Crippen molar-refractivity contribution in [3.8, 4) is 5.75 Å². The molecule has 104 valence electrons. The monoisotopic (exact) mass is 289 g/mol. The summed E-state index contributed by atoms with van der Waals surface area (Å²) in [6, 6.07) is 0. The fraction of sp³-hybridized carbons (Fsp3) is 0.750. The van der Waals surface area contributed by atoms with E-state index in [1.165, 1.54) is 36.5 Å². The normalized spacial score (nSPS) is 10.9. The molecule has 0 aliphatic rings. The molecule has 3 N–H and O–H groups in total. The number of nitrogen functional groups attached to an aromatic ring is 1. The summed E-state index contributed by atoms with van der Waals surface area (Å²) in [5, 5.41) is 4.31. The molecule has 0 atom stereocenters. The highest BCUT2D eigenvalue weighted by atomic mass is 32.2. The Morgan fingerprint density at radius 3 is 2.83 bits per heavy atom. The van der Waals surface area contributed by atoms with Crippen LogP contribution in [0.3, 0.4) is 0 Å². The van der Waals surface area contributed by atoms with Crippen molar-refractivity contribution < 1.29 is 4.74 Å². The minimum Gasteiger partial charge on any atom is -0.484 e. The molecule has 0 amide bonds. The number of nitrogens with two attached hydrogens (primary N) is 1. The standard InChI is InChI=1S/C12H23N3OS2/c1-9(2)16-10-11(13)15-18-12(10)14-7-5-4-6-8-17-3/h9,14H,4-8H2,1-3H3,(H2,13,15). The van der Waals surface area contributed by atoms with Gasteiger partial charge in [0.1, 0.15) is 0 Å². The average Bonchev–Trinajstić information content (AvgIpc) is 2.65. The second-order valence-electron chi connectivity index (χ2n) is 4.37. The first-order chi connectivity index (χ1) is 8.65. The molecule has 0 unspecified atom stereocenters. The van der Waals surface area contributed by atoms with Crippen LogP contribution in [0, 0.1) is 0 Å². The van der Waals surface area contributed by atoms with Gasteiger partial charge >= 0.3 is 0 Å². The number of nitrogens with zero attached hydrogens (tertiary/aromatic N) is 1. The topological polar surface area (TPSA) is 60.2 Å². The molecule has 1 heterocycles. The predicted molar refractivity (Wildman–Crippen MR) is 83.0 cm³/mol. The summed E-state index contributed by atoms with van der Waals surface area (Å²) in [4.78, 5) is 0. The molecule has 0 aromatic carbocycles. The predicted octanol–water partition coefficient (Wildman–Crippen LogP) is 3.46. The van der Waals surface area contributed by atoms with E-state index in [2.05, 4.69) is 15.9 Å². The van der Waals surface area contributed by atoms with Crippen molar-refractivity contribution >= 4 is 34.1 Å². The van der Waals surface area contributed by atoms with Gasteiger partial charge in [-0.1, -0.05) is 6.42 Å². The van der Waals surface area contributed by atoms with E-state index < -0.39 is 0 Å². The zero-order chi connectivity index (χ0) is 13.4. The summed E-state index contributed by atoms with van der Waals surface area (Å²) in [7, 11) is 0. The zero-order valence-corrected chi connectivity index (χ0v) is 13.0. The number of rotatable bonds is 9. The van der Waals surface area contributed by atoms with E-state index in [-0.39, 0.29) is 6.10 Å². The zero-order valence-electron chi connectivity index (χ0n) is 11.4. The van der Waals surface area contributed by atoms with Crippen LogP contribution < -0.4 is 15.8 Å². The van der Waals surface area contributed by atoms with Crippen molar-refractivity contribution in [3.05, 3.63) is 0 Å². The molecule has 0 aliphatic carbocycles. The highest BCUT2D eigenvalue weighted by Gasteiger charge is 2.13. The fourth-order valence-electron chi connectivity index (χ4n) is 1.51. The van der Waals surface area contributed by atoms with Crippen LogP contribution in [0.5, 0.6) is 5.75 Å². The first kappa shape index (κ1) is 15.4. The number of ether oxygens (including phenoxy) is 1. The van der Waals surface area contributed by atoms with Crippen LogP contribution in [-0.4, -0.2) is 29.0 Å². The Kier molecular flexibility index (Phi) is 7.27. The number of nitrogens with one attached hydrogen (secondary N) is 1. The van der Waals surface area contributed by atoms with Gasteiger partial charge in [0.2, 0.25) is 0 Å². The third-order valence-electron chi connectivity index (χ3n) is 2.34. The highest BCUT2D eigenvalue weighted by Crippen LogP contribution is 2.35. The van der Waals surface area contributed by atoms with Crippen LogP contribution in [0.25, 0.3) is 0 Å². The van der Waals surface area contributed by atoms with Gasteiger partial charge in [-0.2, -0.15) is 16.1 Å². The summed E-state index contributed by atoms with van der Waals surface area (Å²) in [5.41, 5.74) is 5.79. The maximum Gasteiger partial charge on any atom is 0.197 e. The number of hydrogen-bond donors (Lipinski definition) is 2. The lowest BCUT2D eigenvalue weighted by Crippen LogP contribution is -2.09. The SMILES string of the molecule is CSCCCCCNc1snc(N)c1OC(C)C. The van der Waals surface area contributed by atoms with Crippen molar-refractivity contribution in [2.24, 2.45) is 0 Å². The molecular weight excluding hydrogens is 266 g/mol.